The molecule has 1 aliphatic heterocycles. The van der Waals surface area contributed by atoms with Gasteiger partial charge in [-0.25, -0.2) is 0 Å². The predicted octanol–water partition coefficient (Wildman–Crippen LogP) is 2.35. The summed E-state index contributed by atoms with van der Waals surface area (Å²) in [5, 5.41) is 7.04. The zero-order valence-corrected chi connectivity index (χ0v) is 11.4. The van der Waals surface area contributed by atoms with Crippen molar-refractivity contribution in [2.75, 3.05) is 26.7 Å². The van der Waals surface area contributed by atoms with Crippen molar-refractivity contribution in [1.29, 1.82) is 0 Å². The van der Waals surface area contributed by atoms with E-state index in [1.807, 2.05) is 6.07 Å². The second kappa shape index (κ2) is 6.76. The van der Waals surface area contributed by atoms with Crippen LogP contribution >= 0.6 is 0 Å². The maximum absolute atomic E-state index is 5.26. The van der Waals surface area contributed by atoms with Crippen LogP contribution in [0.2, 0.25) is 0 Å². The van der Waals surface area contributed by atoms with Gasteiger partial charge in [0.05, 0.1) is 7.11 Å². The van der Waals surface area contributed by atoms with Gasteiger partial charge in [0.2, 0.25) is 0 Å². The quantitative estimate of drug-likeness (QED) is 0.839. The average Bonchev–Trinajstić information content (AvgIpc) is 2.46. The van der Waals surface area contributed by atoms with Gasteiger partial charge in [0.25, 0.3) is 0 Å². The second-order valence-corrected chi connectivity index (χ2v) is 5.10. The molecule has 18 heavy (non-hydrogen) atoms. The molecule has 1 heterocycles. The highest BCUT2D eigenvalue weighted by Gasteiger charge is 2.14. The van der Waals surface area contributed by atoms with Crippen molar-refractivity contribution in [1.82, 2.24) is 10.6 Å². The van der Waals surface area contributed by atoms with Gasteiger partial charge in [-0.1, -0.05) is 12.1 Å². The minimum Gasteiger partial charge on any atom is -0.497 e. The smallest absolute Gasteiger partial charge is 0.119 e. The molecule has 1 fully saturated rings. The molecular weight excluding hydrogens is 224 g/mol. The highest BCUT2D eigenvalue weighted by molar-refractivity contribution is 5.30. The molecule has 1 saturated heterocycles. The van der Waals surface area contributed by atoms with E-state index in [1.165, 1.54) is 31.5 Å². The molecule has 0 amide bonds. The summed E-state index contributed by atoms with van der Waals surface area (Å²) in [5.41, 5.74) is 1.29. The fourth-order valence-electron chi connectivity index (χ4n) is 2.46. The van der Waals surface area contributed by atoms with Crippen molar-refractivity contribution in [3.63, 3.8) is 0 Å². The van der Waals surface area contributed by atoms with E-state index in [4.69, 9.17) is 4.74 Å². The maximum Gasteiger partial charge on any atom is 0.119 e. The summed E-state index contributed by atoms with van der Waals surface area (Å²) in [6.45, 7) is 5.66. The number of hydrogen-bond acceptors (Lipinski definition) is 3. The topological polar surface area (TPSA) is 33.3 Å². The number of methoxy groups -OCH3 is 1. The van der Waals surface area contributed by atoms with Crippen molar-refractivity contribution in [2.45, 2.75) is 25.8 Å². The number of rotatable bonds is 5. The van der Waals surface area contributed by atoms with Crippen LogP contribution in [0.25, 0.3) is 0 Å². The molecule has 2 rings (SSSR count). The summed E-state index contributed by atoms with van der Waals surface area (Å²) in [7, 11) is 1.71. The Bertz CT molecular complexity index is 361. The second-order valence-electron chi connectivity index (χ2n) is 5.10. The van der Waals surface area contributed by atoms with Crippen LogP contribution in [0.1, 0.15) is 31.4 Å². The van der Waals surface area contributed by atoms with E-state index in [0.717, 1.165) is 18.2 Å². The Labute approximate surface area is 110 Å². The van der Waals surface area contributed by atoms with E-state index >= 15 is 0 Å². The van der Waals surface area contributed by atoms with Gasteiger partial charge < -0.3 is 15.4 Å². The number of piperidine rings is 1. The zero-order chi connectivity index (χ0) is 12.8. The standard InChI is InChI=1S/C15H24N2O/c1-12(14-4-3-5-15(10-14)18-2)17-11-13-6-8-16-9-7-13/h3-5,10,12-13,16-17H,6-9,11H2,1-2H3/t12-/m1/s1. The molecule has 0 bridgehead atoms. The normalized spacial score (nSPS) is 18.6. The van der Waals surface area contributed by atoms with Crippen molar-refractivity contribution >= 4 is 0 Å². The van der Waals surface area contributed by atoms with Gasteiger partial charge >= 0.3 is 0 Å². The summed E-state index contributed by atoms with van der Waals surface area (Å²) in [6, 6.07) is 8.69. The lowest BCUT2D eigenvalue weighted by Crippen LogP contribution is -2.34. The summed E-state index contributed by atoms with van der Waals surface area (Å²) in [4.78, 5) is 0. The van der Waals surface area contributed by atoms with E-state index in [2.05, 4.69) is 35.8 Å². The molecule has 0 spiro atoms. The van der Waals surface area contributed by atoms with Crippen molar-refractivity contribution < 1.29 is 4.74 Å². The summed E-state index contributed by atoms with van der Waals surface area (Å²) in [6.07, 6.45) is 2.58. The Hall–Kier alpha value is -1.06. The van der Waals surface area contributed by atoms with E-state index in [9.17, 15) is 0 Å². The first kappa shape index (κ1) is 13.4. The summed E-state index contributed by atoms with van der Waals surface area (Å²) < 4.78 is 5.26. The monoisotopic (exact) mass is 248 g/mol. The minimum absolute atomic E-state index is 0.384. The predicted molar refractivity (Wildman–Crippen MR) is 75.0 cm³/mol. The lowest BCUT2D eigenvalue weighted by molar-refractivity contribution is 0.344. The van der Waals surface area contributed by atoms with Crippen LogP contribution in [0.15, 0.2) is 24.3 Å². The number of ether oxygens (including phenoxy) is 1. The van der Waals surface area contributed by atoms with Crippen LogP contribution in [0, 0.1) is 5.92 Å². The van der Waals surface area contributed by atoms with Gasteiger partial charge in [-0.3, -0.25) is 0 Å². The fraction of sp³-hybridized carbons (Fsp3) is 0.600. The van der Waals surface area contributed by atoms with Gasteiger partial charge in [-0.15, -0.1) is 0 Å². The largest absolute Gasteiger partial charge is 0.497 e. The average molecular weight is 248 g/mol. The molecule has 0 unspecified atom stereocenters. The Kier molecular flexibility index (Phi) is 5.02. The van der Waals surface area contributed by atoms with Crippen molar-refractivity contribution in [3.05, 3.63) is 29.8 Å². The van der Waals surface area contributed by atoms with Gasteiger partial charge in [-0.2, -0.15) is 0 Å². The molecule has 1 atom stereocenters. The summed E-state index contributed by atoms with van der Waals surface area (Å²) >= 11 is 0. The highest BCUT2D eigenvalue weighted by Crippen LogP contribution is 2.19. The van der Waals surface area contributed by atoms with Crippen LogP contribution in [0.3, 0.4) is 0 Å². The first-order valence-electron chi connectivity index (χ1n) is 6.87. The van der Waals surface area contributed by atoms with E-state index in [-0.39, 0.29) is 0 Å². The van der Waals surface area contributed by atoms with Gasteiger partial charge in [0.1, 0.15) is 5.75 Å². The highest BCUT2D eigenvalue weighted by atomic mass is 16.5. The minimum atomic E-state index is 0.384. The van der Waals surface area contributed by atoms with Crippen molar-refractivity contribution in [3.8, 4) is 5.75 Å². The molecular formula is C15H24N2O. The fourth-order valence-corrected chi connectivity index (χ4v) is 2.46. The number of hydrogen-bond donors (Lipinski definition) is 2. The van der Waals surface area contributed by atoms with Gasteiger partial charge in [-0.05, 0) is 63.0 Å². The molecule has 3 nitrogen and oxygen atoms in total. The van der Waals surface area contributed by atoms with Gasteiger partial charge in [0.15, 0.2) is 0 Å². The molecule has 3 heteroatoms. The molecule has 2 N–H and O–H groups in total. The molecule has 0 aliphatic carbocycles. The van der Waals surface area contributed by atoms with Gasteiger partial charge in [0, 0.05) is 6.04 Å². The van der Waals surface area contributed by atoms with Crippen LogP contribution in [-0.2, 0) is 0 Å². The third kappa shape index (κ3) is 3.72. The molecule has 1 aromatic rings. The van der Waals surface area contributed by atoms with E-state index < -0.39 is 0 Å². The van der Waals surface area contributed by atoms with Crippen molar-refractivity contribution in [2.24, 2.45) is 5.92 Å². The van der Waals surface area contributed by atoms with Crippen LogP contribution in [0.4, 0.5) is 0 Å². The first-order chi connectivity index (χ1) is 8.79. The van der Waals surface area contributed by atoms with E-state index in [0.29, 0.717) is 6.04 Å². The number of benzene rings is 1. The van der Waals surface area contributed by atoms with Crippen LogP contribution in [0.5, 0.6) is 5.75 Å². The SMILES string of the molecule is COc1cccc([C@@H](C)NCC2CCNCC2)c1. The molecule has 1 aromatic carbocycles. The van der Waals surface area contributed by atoms with E-state index in [1.54, 1.807) is 7.11 Å². The molecule has 1 aliphatic rings. The Balaban J connectivity index is 1.84. The Morgan fingerprint density at radius 3 is 2.89 bits per heavy atom. The van der Waals surface area contributed by atoms with Crippen LogP contribution in [-0.4, -0.2) is 26.7 Å². The third-order valence-corrected chi connectivity index (χ3v) is 3.77. The zero-order valence-electron chi connectivity index (χ0n) is 11.4. The van der Waals surface area contributed by atoms with Crippen LogP contribution < -0.4 is 15.4 Å². The maximum atomic E-state index is 5.26. The number of nitrogens with one attached hydrogen (secondary N) is 2. The molecule has 100 valence electrons. The third-order valence-electron chi connectivity index (χ3n) is 3.77. The molecule has 0 saturated carbocycles. The first-order valence-corrected chi connectivity index (χ1v) is 6.87. The Morgan fingerprint density at radius 1 is 1.39 bits per heavy atom. The molecule has 0 aromatic heterocycles. The summed E-state index contributed by atoms with van der Waals surface area (Å²) in [5.74, 6) is 1.75. The lowest BCUT2D eigenvalue weighted by Gasteiger charge is -2.25. The lowest BCUT2D eigenvalue weighted by atomic mass is 9.97. The Morgan fingerprint density at radius 2 is 2.17 bits per heavy atom. The molecule has 0 radical (unpaired) electrons.